The summed E-state index contributed by atoms with van der Waals surface area (Å²) in [4.78, 5) is 32.0. The van der Waals surface area contributed by atoms with Gasteiger partial charge in [-0.15, -0.1) is 5.10 Å². The molecule has 1 saturated heterocycles. The Morgan fingerprint density at radius 2 is 2.10 bits per heavy atom. The summed E-state index contributed by atoms with van der Waals surface area (Å²) in [5.74, 6) is 0.553. The van der Waals surface area contributed by atoms with Crippen molar-refractivity contribution in [2.45, 2.75) is 25.8 Å². The molecule has 116 valence electrons. The van der Waals surface area contributed by atoms with E-state index in [9.17, 15) is 9.59 Å². The lowest BCUT2D eigenvalue weighted by molar-refractivity contribution is -0.134. The molecule has 1 fully saturated rings. The van der Waals surface area contributed by atoms with Gasteiger partial charge in [-0.05, 0) is 0 Å². The first kappa shape index (κ1) is 15.4. The van der Waals surface area contributed by atoms with Crippen LogP contribution in [0.1, 0.15) is 36.2 Å². The zero-order valence-electron chi connectivity index (χ0n) is 12.9. The second kappa shape index (κ2) is 6.21. The highest BCUT2D eigenvalue weighted by Gasteiger charge is 2.35. The van der Waals surface area contributed by atoms with Crippen molar-refractivity contribution in [3.8, 4) is 0 Å². The average molecular weight is 294 g/mol. The third-order valence-corrected chi connectivity index (χ3v) is 3.47. The van der Waals surface area contributed by atoms with Gasteiger partial charge in [0.2, 0.25) is 11.7 Å². The minimum absolute atomic E-state index is 0.102. The number of carbonyl (C=O) groups excluding carboxylic acids is 2. The number of hydrogen-bond acceptors (Lipinski definition) is 5. The van der Waals surface area contributed by atoms with Crippen molar-refractivity contribution in [1.29, 1.82) is 0 Å². The largest absolute Gasteiger partial charge is 0.347 e. The molecule has 0 saturated carbocycles. The summed E-state index contributed by atoms with van der Waals surface area (Å²) in [6, 6.07) is -0.512. The number of amides is 2. The number of hydrogen-bond donors (Lipinski definition) is 2. The van der Waals surface area contributed by atoms with Gasteiger partial charge in [0.15, 0.2) is 0 Å². The van der Waals surface area contributed by atoms with E-state index in [2.05, 4.69) is 20.5 Å². The van der Waals surface area contributed by atoms with E-state index in [0.29, 0.717) is 25.5 Å². The van der Waals surface area contributed by atoms with E-state index < -0.39 is 6.04 Å². The number of aromatic amines is 1. The van der Waals surface area contributed by atoms with Crippen LogP contribution in [0.4, 0.5) is 0 Å². The first-order valence-corrected chi connectivity index (χ1v) is 7.07. The molecule has 0 aromatic carbocycles. The number of nitrogens with zero attached hydrogens (tertiary/aromatic N) is 4. The van der Waals surface area contributed by atoms with Crippen molar-refractivity contribution in [3.05, 3.63) is 11.6 Å². The van der Waals surface area contributed by atoms with Gasteiger partial charge >= 0.3 is 0 Å². The molecule has 0 radical (unpaired) electrons. The van der Waals surface area contributed by atoms with Crippen molar-refractivity contribution in [1.82, 2.24) is 30.3 Å². The summed E-state index contributed by atoms with van der Waals surface area (Å²) in [7, 11) is 3.37. The Morgan fingerprint density at radius 1 is 1.38 bits per heavy atom. The number of piperazine rings is 1. The Hall–Kier alpha value is -1.96. The lowest BCUT2D eigenvalue weighted by atomic mass is 10.1. The molecule has 8 heteroatoms. The van der Waals surface area contributed by atoms with Crippen LogP contribution in [0.2, 0.25) is 0 Å². The van der Waals surface area contributed by atoms with Crippen molar-refractivity contribution in [2.75, 3.05) is 33.7 Å². The summed E-state index contributed by atoms with van der Waals surface area (Å²) in [5.41, 5.74) is 0. The number of likely N-dealkylation sites (N-methyl/N-ethyl adjacent to an activating group) is 1. The Morgan fingerprint density at radius 3 is 2.67 bits per heavy atom. The third kappa shape index (κ3) is 3.21. The molecule has 2 N–H and O–H groups in total. The van der Waals surface area contributed by atoms with Crippen LogP contribution in [0.25, 0.3) is 0 Å². The van der Waals surface area contributed by atoms with Gasteiger partial charge in [0.05, 0.1) is 0 Å². The van der Waals surface area contributed by atoms with Crippen LogP contribution in [0, 0.1) is 0 Å². The molecule has 2 rings (SSSR count). The molecule has 0 spiro atoms. The molecule has 2 heterocycles. The highest BCUT2D eigenvalue weighted by molar-refractivity contribution is 5.95. The fourth-order valence-corrected chi connectivity index (χ4v) is 2.22. The maximum Gasteiger partial charge on any atom is 0.294 e. The van der Waals surface area contributed by atoms with Gasteiger partial charge < -0.3 is 15.1 Å². The highest BCUT2D eigenvalue weighted by atomic mass is 16.2. The minimum Gasteiger partial charge on any atom is -0.347 e. The van der Waals surface area contributed by atoms with Crippen molar-refractivity contribution < 1.29 is 9.59 Å². The zero-order valence-corrected chi connectivity index (χ0v) is 12.9. The zero-order chi connectivity index (χ0) is 15.6. The molecule has 1 unspecified atom stereocenters. The Kier molecular flexibility index (Phi) is 4.56. The Labute approximate surface area is 123 Å². The summed E-state index contributed by atoms with van der Waals surface area (Å²) in [5, 5.41) is 9.89. The predicted octanol–water partition coefficient (Wildman–Crippen LogP) is -0.570. The second-order valence-corrected chi connectivity index (χ2v) is 5.65. The minimum atomic E-state index is -0.512. The smallest absolute Gasteiger partial charge is 0.294 e. The van der Waals surface area contributed by atoms with Crippen molar-refractivity contribution in [3.63, 3.8) is 0 Å². The molecular weight excluding hydrogens is 272 g/mol. The number of H-pyrrole nitrogens is 1. The van der Waals surface area contributed by atoms with Gasteiger partial charge in [-0.1, -0.05) is 13.8 Å². The maximum atomic E-state index is 12.6. The van der Waals surface area contributed by atoms with Gasteiger partial charge in [-0.3, -0.25) is 14.7 Å². The molecule has 2 amide bonds. The van der Waals surface area contributed by atoms with Gasteiger partial charge in [0, 0.05) is 39.6 Å². The molecule has 0 aliphatic carbocycles. The summed E-state index contributed by atoms with van der Waals surface area (Å²) >= 11 is 0. The first-order chi connectivity index (χ1) is 9.91. The summed E-state index contributed by atoms with van der Waals surface area (Å²) < 4.78 is 0. The fourth-order valence-electron chi connectivity index (χ4n) is 2.22. The second-order valence-electron chi connectivity index (χ2n) is 5.65. The molecule has 1 aromatic heterocycles. The number of carbonyl (C=O) groups is 2. The lowest BCUT2D eigenvalue weighted by Crippen LogP contribution is -2.59. The average Bonchev–Trinajstić information content (AvgIpc) is 2.95. The monoisotopic (exact) mass is 294 g/mol. The first-order valence-electron chi connectivity index (χ1n) is 7.07. The maximum absolute atomic E-state index is 12.6. The van der Waals surface area contributed by atoms with Crippen molar-refractivity contribution in [2.24, 2.45) is 0 Å². The van der Waals surface area contributed by atoms with Crippen LogP contribution < -0.4 is 5.32 Å². The van der Waals surface area contributed by atoms with Gasteiger partial charge in [-0.25, -0.2) is 4.98 Å². The molecule has 21 heavy (non-hydrogen) atoms. The van der Waals surface area contributed by atoms with Crippen LogP contribution in [0.5, 0.6) is 0 Å². The molecule has 1 aliphatic heterocycles. The van der Waals surface area contributed by atoms with Gasteiger partial charge in [0.25, 0.3) is 5.91 Å². The number of aromatic nitrogens is 3. The van der Waals surface area contributed by atoms with E-state index >= 15 is 0 Å². The molecule has 1 aromatic rings. The number of nitrogens with one attached hydrogen (secondary N) is 2. The lowest BCUT2D eigenvalue weighted by Gasteiger charge is -2.35. The molecule has 1 aliphatic rings. The third-order valence-electron chi connectivity index (χ3n) is 3.47. The summed E-state index contributed by atoms with van der Waals surface area (Å²) in [6.07, 6.45) is 0. The Bertz CT molecular complexity index is 524. The topological polar surface area (TPSA) is 94.2 Å². The van der Waals surface area contributed by atoms with Crippen LogP contribution in [0.15, 0.2) is 0 Å². The highest BCUT2D eigenvalue weighted by Crippen LogP contribution is 2.12. The van der Waals surface area contributed by atoms with E-state index in [1.54, 1.807) is 19.0 Å². The summed E-state index contributed by atoms with van der Waals surface area (Å²) in [6.45, 7) is 5.51. The van der Waals surface area contributed by atoms with Crippen LogP contribution in [-0.4, -0.2) is 76.6 Å². The predicted molar refractivity (Wildman–Crippen MR) is 76.9 cm³/mol. The molecule has 0 bridgehead atoms. The van der Waals surface area contributed by atoms with E-state index in [0.717, 1.165) is 0 Å². The quantitative estimate of drug-likeness (QED) is 0.778. The fraction of sp³-hybridized carbons (Fsp3) is 0.692. The van der Waals surface area contributed by atoms with E-state index in [-0.39, 0.29) is 23.6 Å². The van der Waals surface area contributed by atoms with Gasteiger partial charge in [0.1, 0.15) is 11.9 Å². The van der Waals surface area contributed by atoms with Crippen LogP contribution in [0.3, 0.4) is 0 Å². The molecular formula is C13H22N6O2. The van der Waals surface area contributed by atoms with E-state index in [4.69, 9.17) is 0 Å². The SMILES string of the molecule is CC(C)c1nc(C(=O)N2CCNCC2C(=O)N(C)C)n[nH]1. The van der Waals surface area contributed by atoms with E-state index in [1.165, 1.54) is 4.90 Å². The standard InChI is InChI=1S/C13H22N6O2/c1-8(2)10-15-11(17-16-10)13(21)19-6-5-14-7-9(19)12(20)18(3)4/h8-9,14H,5-7H2,1-4H3,(H,15,16,17). The molecule has 8 nitrogen and oxygen atoms in total. The van der Waals surface area contributed by atoms with Crippen LogP contribution in [-0.2, 0) is 4.79 Å². The molecule has 1 atom stereocenters. The van der Waals surface area contributed by atoms with E-state index in [1.807, 2.05) is 13.8 Å². The van der Waals surface area contributed by atoms with Crippen LogP contribution >= 0.6 is 0 Å². The number of rotatable bonds is 3. The van der Waals surface area contributed by atoms with Crippen molar-refractivity contribution >= 4 is 11.8 Å². The normalized spacial score (nSPS) is 18.9. The Balaban J connectivity index is 2.20. The van der Waals surface area contributed by atoms with Gasteiger partial charge in [-0.2, -0.15) is 0 Å².